The first-order chi connectivity index (χ1) is 8.72. The van der Waals surface area contributed by atoms with Crippen LogP contribution < -0.4 is 5.32 Å². The van der Waals surface area contributed by atoms with Gasteiger partial charge in [0, 0.05) is 23.3 Å². The van der Waals surface area contributed by atoms with E-state index >= 15 is 0 Å². The summed E-state index contributed by atoms with van der Waals surface area (Å²) in [5, 5.41) is 7.74. The number of aromatic nitrogens is 2. The molecule has 0 bridgehead atoms. The lowest BCUT2D eigenvalue weighted by molar-refractivity contribution is 0.689. The molecule has 0 radical (unpaired) electrons. The summed E-state index contributed by atoms with van der Waals surface area (Å²) in [6.45, 7) is 1.02. The summed E-state index contributed by atoms with van der Waals surface area (Å²) in [4.78, 5) is 0. The minimum Gasteiger partial charge on any atom is -0.320 e. The first kappa shape index (κ1) is 13.3. The Morgan fingerprint density at radius 3 is 2.78 bits per heavy atom. The second-order valence-electron chi connectivity index (χ2n) is 4.35. The van der Waals surface area contributed by atoms with Crippen molar-refractivity contribution in [1.29, 1.82) is 0 Å². The standard InChI is InChI=1S/C14H18BrN3/c1-16-9-5-8-14-12(10-18(2)17-14)11-6-3-4-7-13(11)15/h3-4,6-7,10,16H,5,8-9H2,1-2H3. The van der Waals surface area contributed by atoms with Gasteiger partial charge in [0.05, 0.1) is 5.69 Å². The summed E-state index contributed by atoms with van der Waals surface area (Å²) in [7, 11) is 3.95. The van der Waals surface area contributed by atoms with E-state index in [9.17, 15) is 0 Å². The Morgan fingerprint density at radius 2 is 2.06 bits per heavy atom. The van der Waals surface area contributed by atoms with Crippen LogP contribution in [0.4, 0.5) is 0 Å². The summed E-state index contributed by atoms with van der Waals surface area (Å²) < 4.78 is 3.01. The largest absolute Gasteiger partial charge is 0.320 e. The average molecular weight is 308 g/mol. The van der Waals surface area contributed by atoms with E-state index in [1.165, 1.54) is 16.8 Å². The molecule has 0 saturated carbocycles. The van der Waals surface area contributed by atoms with Crippen molar-refractivity contribution in [3.63, 3.8) is 0 Å². The highest BCUT2D eigenvalue weighted by Crippen LogP contribution is 2.30. The van der Waals surface area contributed by atoms with Crippen LogP contribution in [-0.2, 0) is 13.5 Å². The summed E-state index contributed by atoms with van der Waals surface area (Å²) in [5.74, 6) is 0. The Balaban J connectivity index is 2.30. The highest BCUT2D eigenvalue weighted by Gasteiger charge is 2.11. The van der Waals surface area contributed by atoms with E-state index < -0.39 is 0 Å². The molecule has 1 aromatic carbocycles. The number of halogens is 1. The molecule has 96 valence electrons. The molecule has 0 aliphatic heterocycles. The molecule has 0 unspecified atom stereocenters. The lowest BCUT2D eigenvalue weighted by atomic mass is 10.0. The highest BCUT2D eigenvalue weighted by molar-refractivity contribution is 9.10. The summed E-state index contributed by atoms with van der Waals surface area (Å²) in [5.41, 5.74) is 3.60. The molecule has 0 aliphatic rings. The number of benzene rings is 1. The monoisotopic (exact) mass is 307 g/mol. The maximum Gasteiger partial charge on any atom is 0.0703 e. The van der Waals surface area contributed by atoms with E-state index in [2.05, 4.69) is 50.7 Å². The maximum absolute atomic E-state index is 4.57. The molecule has 1 N–H and O–H groups in total. The van der Waals surface area contributed by atoms with E-state index in [1.54, 1.807) is 0 Å². The van der Waals surface area contributed by atoms with E-state index in [4.69, 9.17) is 0 Å². The normalized spacial score (nSPS) is 10.8. The van der Waals surface area contributed by atoms with Gasteiger partial charge in [-0.25, -0.2) is 0 Å². The van der Waals surface area contributed by atoms with Crippen LogP contribution in [0.3, 0.4) is 0 Å². The minimum atomic E-state index is 0.998. The predicted octanol–water partition coefficient (Wildman–Crippen LogP) is 3.00. The number of aryl methyl sites for hydroxylation is 2. The van der Waals surface area contributed by atoms with Crippen molar-refractivity contribution in [2.45, 2.75) is 12.8 Å². The number of rotatable bonds is 5. The summed E-state index contributed by atoms with van der Waals surface area (Å²) in [6, 6.07) is 8.29. The molecule has 0 saturated heterocycles. The Labute approximate surface area is 116 Å². The first-order valence-electron chi connectivity index (χ1n) is 6.14. The van der Waals surface area contributed by atoms with Gasteiger partial charge < -0.3 is 5.32 Å². The van der Waals surface area contributed by atoms with E-state index in [1.807, 2.05) is 24.8 Å². The van der Waals surface area contributed by atoms with Crippen molar-refractivity contribution < 1.29 is 0 Å². The highest BCUT2D eigenvalue weighted by atomic mass is 79.9. The predicted molar refractivity (Wildman–Crippen MR) is 78.6 cm³/mol. The van der Waals surface area contributed by atoms with Crippen LogP contribution in [-0.4, -0.2) is 23.4 Å². The SMILES string of the molecule is CNCCCc1nn(C)cc1-c1ccccc1Br. The fourth-order valence-electron chi connectivity index (χ4n) is 2.06. The minimum absolute atomic E-state index is 0.998. The third-order valence-electron chi connectivity index (χ3n) is 2.91. The number of nitrogens with one attached hydrogen (secondary N) is 1. The van der Waals surface area contributed by atoms with Crippen molar-refractivity contribution in [2.24, 2.45) is 7.05 Å². The number of nitrogens with zero attached hydrogens (tertiary/aromatic N) is 2. The number of hydrogen-bond acceptors (Lipinski definition) is 2. The Bertz CT molecular complexity index is 520. The molecule has 3 nitrogen and oxygen atoms in total. The molecule has 0 atom stereocenters. The average Bonchev–Trinajstić information content (AvgIpc) is 2.71. The molecule has 0 amide bonds. The van der Waals surface area contributed by atoms with Gasteiger partial charge in [0.25, 0.3) is 0 Å². The quantitative estimate of drug-likeness (QED) is 0.861. The topological polar surface area (TPSA) is 29.9 Å². The Morgan fingerprint density at radius 1 is 1.28 bits per heavy atom. The molecular weight excluding hydrogens is 290 g/mol. The van der Waals surface area contributed by atoms with Gasteiger partial charge in [-0.2, -0.15) is 5.10 Å². The van der Waals surface area contributed by atoms with Gasteiger partial charge in [-0.1, -0.05) is 34.1 Å². The summed E-state index contributed by atoms with van der Waals surface area (Å²) >= 11 is 3.61. The molecule has 2 aromatic rings. The third-order valence-corrected chi connectivity index (χ3v) is 3.60. The van der Waals surface area contributed by atoms with Gasteiger partial charge in [-0.3, -0.25) is 4.68 Å². The maximum atomic E-state index is 4.57. The Kier molecular flexibility index (Phi) is 4.55. The zero-order chi connectivity index (χ0) is 13.0. The Hall–Kier alpha value is -1.13. The lowest BCUT2D eigenvalue weighted by Gasteiger charge is -2.04. The van der Waals surface area contributed by atoms with Crippen LogP contribution in [0.25, 0.3) is 11.1 Å². The lowest BCUT2D eigenvalue weighted by Crippen LogP contribution is -2.08. The first-order valence-corrected chi connectivity index (χ1v) is 6.93. The molecular formula is C14H18BrN3. The van der Waals surface area contributed by atoms with E-state index in [0.717, 1.165) is 23.9 Å². The fourth-order valence-corrected chi connectivity index (χ4v) is 2.55. The second kappa shape index (κ2) is 6.16. The van der Waals surface area contributed by atoms with Crippen LogP contribution >= 0.6 is 15.9 Å². The molecule has 4 heteroatoms. The molecule has 2 rings (SSSR count). The third kappa shape index (κ3) is 3.00. The van der Waals surface area contributed by atoms with Gasteiger partial charge >= 0.3 is 0 Å². The van der Waals surface area contributed by atoms with E-state index in [-0.39, 0.29) is 0 Å². The summed E-state index contributed by atoms with van der Waals surface area (Å²) in [6.07, 6.45) is 4.19. The van der Waals surface area contributed by atoms with Crippen molar-refractivity contribution in [3.05, 3.63) is 40.6 Å². The molecule has 0 spiro atoms. The zero-order valence-corrected chi connectivity index (χ0v) is 12.4. The van der Waals surface area contributed by atoms with E-state index in [0.29, 0.717) is 0 Å². The van der Waals surface area contributed by atoms with Crippen molar-refractivity contribution in [1.82, 2.24) is 15.1 Å². The molecule has 0 fully saturated rings. The van der Waals surface area contributed by atoms with Gasteiger partial charge in [0.2, 0.25) is 0 Å². The van der Waals surface area contributed by atoms with Crippen molar-refractivity contribution in [2.75, 3.05) is 13.6 Å². The van der Waals surface area contributed by atoms with Gasteiger partial charge in [-0.05, 0) is 38.1 Å². The molecule has 1 heterocycles. The van der Waals surface area contributed by atoms with Crippen LogP contribution in [0.15, 0.2) is 34.9 Å². The fraction of sp³-hybridized carbons (Fsp3) is 0.357. The molecule has 0 aliphatic carbocycles. The smallest absolute Gasteiger partial charge is 0.0703 e. The molecule has 18 heavy (non-hydrogen) atoms. The van der Waals surface area contributed by atoms with Crippen LogP contribution in [0.2, 0.25) is 0 Å². The van der Waals surface area contributed by atoms with Crippen molar-refractivity contribution >= 4 is 15.9 Å². The molecule has 1 aromatic heterocycles. The zero-order valence-electron chi connectivity index (χ0n) is 10.8. The van der Waals surface area contributed by atoms with Crippen molar-refractivity contribution in [3.8, 4) is 11.1 Å². The second-order valence-corrected chi connectivity index (χ2v) is 5.20. The van der Waals surface area contributed by atoms with Gasteiger partial charge in [0.1, 0.15) is 0 Å². The van der Waals surface area contributed by atoms with Gasteiger partial charge in [0.15, 0.2) is 0 Å². The van der Waals surface area contributed by atoms with Crippen LogP contribution in [0, 0.1) is 0 Å². The van der Waals surface area contributed by atoms with Crippen LogP contribution in [0.1, 0.15) is 12.1 Å². The van der Waals surface area contributed by atoms with Gasteiger partial charge in [-0.15, -0.1) is 0 Å². The van der Waals surface area contributed by atoms with Crippen LogP contribution in [0.5, 0.6) is 0 Å². The number of hydrogen-bond donors (Lipinski definition) is 1.